The third-order valence-corrected chi connectivity index (χ3v) is 6.33. The van der Waals surface area contributed by atoms with Crippen LogP contribution in [0.2, 0.25) is 5.32 Å². The van der Waals surface area contributed by atoms with Crippen molar-refractivity contribution in [3.63, 3.8) is 0 Å². The average molecular weight is 394 g/mol. The minimum atomic E-state index is -0.340. The van der Waals surface area contributed by atoms with Crippen LogP contribution in [-0.4, -0.2) is 35.5 Å². The van der Waals surface area contributed by atoms with Crippen LogP contribution in [0.3, 0.4) is 0 Å². The minimum absolute atomic E-state index is 0.0159. The summed E-state index contributed by atoms with van der Waals surface area (Å²) in [5.41, 5.74) is 0.771. The van der Waals surface area contributed by atoms with E-state index in [0.29, 0.717) is 0 Å². The molecule has 1 aromatic heterocycles. The molecular weight excluding hydrogens is 377 g/mol. The van der Waals surface area contributed by atoms with Gasteiger partial charge in [0, 0.05) is 0 Å². The van der Waals surface area contributed by atoms with Crippen molar-refractivity contribution >= 4 is 25.1 Å². The van der Waals surface area contributed by atoms with Crippen LogP contribution in [0.5, 0.6) is 0 Å². The molecule has 7 nitrogen and oxygen atoms in total. The van der Waals surface area contributed by atoms with Gasteiger partial charge in [0.2, 0.25) is 0 Å². The molecule has 1 saturated heterocycles. The van der Waals surface area contributed by atoms with Gasteiger partial charge in [0.25, 0.3) is 0 Å². The number of nitro groups is 1. The number of hydrogen-bond donors (Lipinski definition) is 0. The van der Waals surface area contributed by atoms with Gasteiger partial charge in [-0.25, -0.2) is 0 Å². The molecule has 0 N–H and O–H groups in total. The number of benzene rings is 1. The number of para-hydroxylation sites is 1. The van der Waals surface area contributed by atoms with Gasteiger partial charge in [-0.15, -0.1) is 0 Å². The Morgan fingerprint density at radius 1 is 1.42 bits per heavy atom. The van der Waals surface area contributed by atoms with Crippen LogP contribution in [0.15, 0.2) is 41.5 Å². The van der Waals surface area contributed by atoms with E-state index in [1.54, 1.807) is 24.5 Å². The van der Waals surface area contributed by atoms with E-state index < -0.39 is 0 Å². The second-order valence-corrected chi connectivity index (χ2v) is 7.87. The molecule has 0 radical (unpaired) electrons. The number of ether oxygens (including phenoxy) is 1. The van der Waals surface area contributed by atoms with Gasteiger partial charge < -0.3 is 0 Å². The normalized spacial score (nSPS) is 20.2. The van der Waals surface area contributed by atoms with Crippen molar-refractivity contribution in [1.29, 1.82) is 0 Å². The van der Waals surface area contributed by atoms with E-state index in [4.69, 9.17) is 4.74 Å². The van der Waals surface area contributed by atoms with E-state index in [1.165, 1.54) is 10.6 Å². The maximum absolute atomic E-state index is 11.9. The number of aryl methyl sites for hydroxylation is 1. The second-order valence-electron chi connectivity index (χ2n) is 5.65. The van der Waals surface area contributed by atoms with Crippen molar-refractivity contribution in [2.45, 2.75) is 37.4 Å². The summed E-state index contributed by atoms with van der Waals surface area (Å²) >= 11 is -0.0426. The Morgan fingerprint density at radius 3 is 3.00 bits per heavy atom. The molecule has 0 spiro atoms. The van der Waals surface area contributed by atoms with Crippen LogP contribution in [0.1, 0.15) is 24.6 Å². The van der Waals surface area contributed by atoms with Crippen molar-refractivity contribution in [1.82, 2.24) is 9.55 Å². The van der Waals surface area contributed by atoms with Crippen molar-refractivity contribution in [3.8, 4) is 0 Å². The molecule has 1 fully saturated rings. The molecule has 1 aliphatic rings. The molecule has 2 aromatic rings. The van der Waals surface area contributed by atoms with Crippen molar-refractivity contribution in [2.24, 2.45) is 0 Å². The van der Waals surface area contributed by atoms with Crippen LogP contribution < -0.4 is 10.2 Å². The van der Waals surface area contributed by atoms with Crippen LogP contribution in [-0.2, 0) is 4.74 Å². The summed E-state index contributed by atoms with van der Waals surface area (Å²) < 4.78 is 8.28. The summed E-state index contributed by atoms with van der Waals surface area (Å²) in [6.45, 7) is 1.88. The fourth-order valence-corrected chi connectivity index (χ4v) is 4.92. The molecule has 0 aliphatic carbocycles. The zero-order valence-corrected chi connectivity index (χ0v) is 14.8. The van der Waals surface area contributed by atoms with Crippen LogP contribution in [0.25, 0.3) is 0 Å². The zero-order chi connectivity index (χ0) is 17.1. The Kier molecular flexibility index (Phi) is 5.08. The molecular formula is C16H17N3O4Se. The van der Waals surface area contributed by atoms with Gasteiger partial charge in [-0.2, -0.15) is 0 Å². The number of aromatic nitrogens is 2. The molecule has 2 atom stereocenters. The molecule has 1 aromatic carbocycles. The summed E-state index contributed by atoms with van der Waals surface area (Å²) in [5.74, 6) is 0. The molecule has 0 amide bonds. The number of nitro benzene ring substituents is 1. The van der Waals surface area contributed by atoms with Crippen LogP contribution in [0, 0.1) is 17.0 Å². The Labute approximate surface area is 145 Å². The summed E-state index contributed by atoms with van der Waals surface area (Å²) in [5, 5.41) is 11.8. The maximum atomic E-state index is 11.9. The van der Waals surface area contributed by atoms with Crippen LogP contribution >= 0.6 is 0 Å². The van der Waals surface area contributed by atoms with Gasteiger partial charge in [0.15, 0.2) is 0 Å². The molecule has 2 heterocycles. The molecule has 24 heavy (non-hydrogen) atoms. The van der Waals surface area contributed by atoms with Gasteiger partial charge >= 0.3 is 145 Å². The topological polar surface area (TPSA) is 87.3 Å². The van der Waals surface area contributed by atoms with E-state index in [-0.39, 0.29) is 43.6 Å². The first-order valence-corrected chi connectivity index (χ1v) is 9.68. The van der Waals surface area contributed by atoms with Gasteiger partial charge in [-0.05, 0) is 0 Å². The fourth-order valence-electron chi connectivity index (χ4n) is 2.66. The third kappa shape index (κ3) is 3.72. The zero-order valence-electron chi connectivity index (χ0n) is 13.1. The van der Waals surface area contributed by atoms with Gasteiger partial charge in [0.1, 0.15) is 0 Å². The SMILES string of the molecule is Cc1cnc(=O)n([C@H]2CC[C@@H](C[Se]c3ccccc3[N+](=O)[O-])O2)c1. The monoisotopic (exact) mass is 395 g/mol. The first-order valence-electron chi connectivity index (χ1n) is 7.61. The standard InChI is InChI=1S/C16H17N3O4Se/c1-11-8-17-16(20)18(9-11)15-7-6-12(23-15)10-24-14-5-3-2-4-13(14)19(21)22/h2-5,8-9,12,15H,6-7,10H2,1H3/t12-,15+/m0/s1. The molecule has 126 valence electrons. The van der Waals surface area contributed by atoms with Gasteiger partial charge in [-0.1, -0.05) is 0 Å². The van der Waals surface area contributed by atoms with Gasteiger partial charge in [0.05, 0.1) is 0 Å². The second kappa shape index (κ2) is 7.25. The van der Waals surface area contributed by atoms with E-state index in [2.05, 4.69) is 4.98 Å². The number of nitrogens with zero attached hydrogens (tertiary/aromatic N) is 3. The summed E-state index contributed by atoms with van der Waals surface area (Å²) in [7, 11) is 0. The Morgan fingerprint density at radius 2 is 2.21 bits per heavy atom. The Bertz CT molecular complexity index is 808. The third-order valence-electron chi connectivity index (χ3n) is 3.82. The first-order chi connectivity index (χ1) is 11.5. The quantitative estimate of drug-likeness (QED) is 0.437. The molecule has 0 unspecified atom stereocenters. The summed E-state index contributed by atoms with van der Waals surface area (Å²) in [4.78, 5) is 26.4. The van der Waals surface area contributed by atoms with Gasteiger partial charge in [-0.3, -0.25) is 0 Å². The number of rotatable bonds is 5. The summed E-state index contributed by atoms with van der Waals surface area (Å²) in [6, 6.07) is 6.84. The first kappa shape index (κ1) is 16.8. The molecule has 1 aliphatic heterocycles. The predicted molar refractivity (Wildman–Crippen MR) is 89.7 cm³/mol. The number of hydrogen-bond acceptors (Lipinski definition) is 5. The molecule has 8 heteroatoms. The van der Waals surface area contributed by atoms with E-state index >= 15 is 0 Å². The molecule has 3 rings (SSSR count). The molecule has 0 bridgehead atoms. The van der Waals surface area contributed by atoms with Crippen molar-refractivity contribution in [3.05, 3.63) is 62.8 Å². The van der Waals surface area contributed by atoms with Crippen LogP contribution in [0.4, 0.5) is 5.69 Å². The van der Waals surface area contributed by atoms with E-state index in [9.17, 15) is 14.9 Å². The fraction of sp³-hybridized carbons (Fsp3) is 0.375. The molecule has 0 saturated carbocycles. The Hall–Kier alpha value is -2.02. The van der Waals surface area contributed by atoms with Crippen molar-refractivity contribution < 1.29 is 9.66 Å². The van der Waals surface area contributed by atoms with E-state index in [0.717, 1.165) is 28.2 Å². The summed E-state index contributed by atoms with van der Waals surface area (Å²) in [6.07, 6.45) is 4.62. The average Bonchev–Trinajstić information content (AvgIpc) is 3.04. The Balaban J connectivity index is 1.64. The van der Waals surface area contributed by atoms with E-state index in [1.807, 2.05) is 13.0 Å². The predicted octanol–water partition coefficient (Wildman–Crippen LogP) is 1.59. The van der Waals surface area contributed by atoms with Crippen molar-refractivity contribution in [2.75, 3.05) is 0 Å².